The molecular formula is C20H32N2O4. The standard InChI is InChI=1S/C20H32N2O4/c1-14(2)25-18-9-7-6-8-15(18)10-21-11-16-12-22(13-17(16)23)19(24)26-20(3,4)5/h6-9,14,16-17,21,23H,10-13H2,1-5H3/t16-,17-/m1/s1. The first-order valence-corrected chi connectivity index (χ1v) is 9.27. The van der Waals surface area contributed by atoms with Crippen LogP contribution < -0.4 is 10.1 Å². The summed E-state index contributed by atoms with van der Waals surface area (Å²) < 4.78 is 11.2. The number of hydrogen-bond donors (Lipinski definition) is 2. The number of aliphatic hydroxyl groups excluding tert-OH is 1. The van der Waals surface area contributed by atoms with E-state index in [0.29, 0.717) is 26.2 Å². The predicted octanol–water partition coefficient (Wildman–Crippen LogP) is 2.79. The van der Waals surface area contributed by atoms with Crippen LogP contribution in [0, 0.1) is 5.92 Å². The Balaban J connectivity index is 1.84. The summed E-state index contributed by atoms with van der Waals surface area (Å²) in [6.07, 6.45) is -0.790. The number of ether oxygens (including phenoxy) is 2. The minimum absolute atomic E-state index is 0.0132. The van der Waals surface area contributed by atoms with Gasteiger partial charge < -0.3 is 24.8 Å². The summed E-state index contributed by atoms with van der Waals surface area (Å²) >= 11 is 0. The van der Waals surface area contributed by atoms with Crippen molar-refractivity contribution in [2.75, 3.05) is 19.6 Å². The van der Waals surface area contributed by atoms with E-state index in [2.05, 4.69) is 5.32 Å². The van der Waals surface area contributed by atoms with Crippen LogP contribution in [0.4, 0.5) is 4.79 Å². The monoisotopic (exact) mass is 364 g/mol. The van der Waals surface area contributed by atoms with E-state index >= 15 is 0 Å². The SMILES string of the molecule is CC(C)Oc1ccccc1CNC[C@@H]1CN(C(=O)OC(C)(C)C)C[C@H]1O. The van der Waals surface area contributed by atoms with Gasteiger partial charge in [0.25, 0.3) is 0 Å². The van der Waals surface area contributed by atoms with Crippen LogP contribution in [-0.4, -0.2) is 53.5 Å². The molecule has 1 heterocycles. The Kier molecular flexibility index (Phi) is 6.89. The lowest BCUT2D eigenvalue weighted by Gasteiger charge is -2.24. The molecule has 6 nitrogen and oxygen atoms in total. The molecule has 0 radical (unpaired) electrons. The molecule has 1 saturated heterocycles. The zero-order valence-electron chi connectivity index (χ0n) is 16.5. The molecule has 0 aromatic heterocycles. The maximum atomic E-state index is 12.2. The summed E-state index contributed by atoms with van der Waals surface area (Å²) in [5.74, 6) is 0.859. The largest absolute Gasteiger partial charge is 0.491 e. The summed E-state index contributed by atoms with van der Waals surface area (Å²) in [6, 6.07) is 7.94. The van der Waals surface area contributed by atoms with Gasteiger partial charge in [0.2, 0.25) is 0 Å². The molecule has 1 fully saturated rings. The van der Waals surface area contributed by atoms with E-state index < -0.39 is 11.7 Å². The van der Waals surface area contributed by atoms with Crippen molar-refractivity contribution >= 4 is 6.09 Å². The molecule has 1 aliphatic rings. The zero-order valence-corrected chi connectivity index (χ0v) is 16.5. The van der Waals surface area contributed by atoms with Gasteiger partial charge in [0.1, 0.15) is 11.4 Å². The maximum absolute atomic E-state index is 12.2. The highest BCUT2D eigenvalue weighted by atomic mass is 16.6. The Hall–Kier alpha value is -1.79. The molecule has 0 bridgehead atoms. The van der Waals surface area contributed by atoms with Gasteiger partial charge in [-0.25, -0.2) is 4.79 Å². The number of hydrogen-bond acceptors (Lipinski definition) is 5. The van der Waals surface area contributed by atoms with E-state index in [-0.39, 0.29) is 18.1 Å². The van der Waals surface area contributed by atoms with Gasteiger partial charge in [0.15, 0.2) is 0 Å². The smallest absolute Gasteiger partial charge is 0.410 e. The summed E-state index contributed by atoms with van der Waals surface area (Å²) in [6.45, 7) is 11.6. The number of para-hydroxylation sites is 1. The van der Waals surface area contributed by atoms with E-state index in [1.165, 1.54) is 0 Å². The van der Waals surface area contributed by atoms with Crippen molar-refractivity contribution in [3.8, 4) is 5.75 Å². The van der Waals surface area contributed by atoms with Gasteiger partial charge in [-0.05, 0) is 40.7 Å². The molecule has 0 aliphatic carbocycles. The van der Waals surface area contributed by atoms with Crippen molar-refractivity contribution in [3.63, 3.8) is 0 Å². The van der Waals surface area contributed by atoms with Crippen LogP contribution in [0.1, 0.15) is 40.2 Å². The van der Waals surface area contributed by atoms with Crippen molar-refractivity contribution in [1.82, 2.24) is 10.2 Å². The Morgan fingerprint density at radius 2 is 2.00 bits per heavy atom. The Morgan fingerprint density at radius 1 is 1.31 bits per heavy atom. The van der Waals surface area contributed by atoms with E-state index in [1.807, 2.05) is 58.9 Å². The summed E-state index contributed by atoms with van der Waals surface area (Å²) in [5, 5.41) is 13.6. The number of carbonyl (C=O) groups excluding carboxylic acids is 1. The molecule has 0 unspecified atom stereocenters. The minimum atomic E-state index is -0.544. The van der Waals surface area contributed by atoms with Gasteiger partial charge in [-0.2, -0.15) is 0 Å². The number of benzene rings is 1. The highest BCUT2D eigenvalue weighted by molar-refractivity contribution is 5.68. The Bertz CT molecular complexity index is 598. The fourth-order valence-corrected chi connectivity index (χ4v) is 2.94. The first-order valence-electron chi connectivity index (χ1n) is 9.27. The molecule has 1 aromatic rings. The van der Waals surface area contributed by atoms with Crippen LogP contribution in [0.3, 0.4) is 0 Å². The lowest BCUT2D eigenvalue weighted by Crippen LogP contribution is -2.36. The summed E-state index contributed by atoms with van der Waals surface area (Å²) in [7, 11) is 0. The second-order valence-electron chi connectivity index (χ2n) is 8.12. The van der Waals surface area contributed by atoms with E-state index in [0.717, 1.165) is 11.3 Å². The zero-order chi connectivity index (χ0) is 19.3. The van der Waals surface area contributed by atoms with Gasteiger partial charge in [0, 0.05) is 31.1 Å². The van der Waals surface area contributed by atoms with Crippen LogP contribution in [0.5, 0.6) is 5.75 Å². The summed E-state index contributed by atoms with van der Waals surface area (Å²) in [4.78, 5) is 13.7. The molecule has 1 amide bonds. The molecule has 2 atom stereocenters. The first-order chi connectivity index (χ1) is 12.2. The second-order valence-corrected chi connectivity index (χ2v) is 8.12. The maximum Gasteiger partial charge on any atom is 0.410 e. The molecule has 26 heavy (non-hydrogen) atoms. The van der Waals surface area contributed by atoms with Gasteiger partial charge in [-0.1, -0.05) is 18.2 Å². The number of carbonyl (C=O) groups is 1. The third kappa shape index (κ3) is 6.18. The van der Waals surface area contributed by atoms with Gasteiger partial charge in [-0.15, -0.1) is 0 Å². The topological polar surface area (TPSA) is 71.0 Å². The van der Waals surface area contributed by atoms with E-state index in [4.69, 9.17) is 9.47 Å². The molecule has 1 aliphatic heterocycles. The molecule has 1 aromatic carbocycles. The van der Waals surface area contributed by atoms with Crippen molar-refractivity contribution in [2.24, 2.45) is 5.92 Å². The number of aliphatic hydroxyl groups is 1. The second kappa shape index (κ2) is 8.73. The number of nitrogens with one attached hydrogen (secondary N) is 1. The van der Waals surface area contributed by atoms with Crippen LogP contribution in [0.25, 0.3) is 0 Å². The Morgan fingerprint density at radius 3 is 2.65 bits per heavy atom. The first kappa shape index (κ1) is 20.5. The number of likely N-dealkylation sites (tertiary alicyclic amines) is 1. The van der Waals surface area contributed by atoms with Crippen molar-refractivity contribution in [1.29, 1.82) is 0 Å². The van der Waals surface area contributed by atoms with Crippen molar-refractivity contribution in [3.05, 3.63) is 29.8 Å². The number of amides is 1. The number of rotatable bonds is 6. The highest BCUT2D eigenvalue weighted by Gasteiger charge is 2.35. The lowest BCUT2D eigenvalue weighted by atomic mass is 10.1. The van der Waals surface area contributed by atoms with Crippen molar-refractivity contribution < 1.29 is 19.4 Å². The highest BCUT2D eigenvalue weighted by Crippen LogP contribution is 2.21. The molecule has 2 N–H and O–H groups in total. The average Bonchev–Trinajstić information content (AvgIpc) is 2.88. The molecule has 0 spiro atoms. The molecule has 0 saturated carbocycles. The molecular weight excluding hydrogens is 332 g/mol. The molecule has 6 heteroatoms. The lowest BCUT2D eigenvalue weighted by molar-refractivity contribution is 0.0269. The van der Waals surface area contributed by atoms with Crippen LogP contribution in [0.15, 0.2) is 24.3 Å². The number of β-amino-alcohol motifs (C(OH)–C–C–N with tert-alkyl or cyclic N) is 1. The fraction of sp³-hybridized carbons (Fsp3) is 0.650. The van der Waals surface area contributed by atoms with Gasteiger partial charge in [-0.3, -0.25) is 0 Å². The van der Waals surface area contributed by atoms with E-state index in [9.17, 15) is 9.90 Å². The van der Waals surface area contributed by atoms with Crippen LogP contribution in [0.2, 0.25) is 0 Å². The number of nitrogens with zero attached hydrogens (tertiary/aromatic N) is 1. The molecule has 146 valence electrons. The van der Waals surface area contributed by atoms with Gasteiger partial charge >= 0.3 is 6.09 Å². The predicted molar refractivity (Wildman–Crippen MR) is 101 cm³/mol. The van der Waals surface area contributed by atoms with Crippen LogP contribution >= 0.6 is 0 Å². The normalized spacial score (nSPS) is 20.5. The van der Waals surface area contributed by atoms with Crippen molar-refractivity contribution in [2.45, 2.75) is 59.0 Å². The fourth-order valence-electron chi connectivity index (χ4n) is 2.94. The molecule has 2 rings (SSSR count). The average molecular weight is 364 g/mol. The van der Waals surface area contributed by atoms with E-state index in [1.54, 1.807) is 4.90 Å². The third-order valence-corrected chi connectivity index (χ3v) is 4.12. The Labute approximate surface area is 156 Å². The third-order valence-electron chi connectivity index (χ3n) is 4.12. The summed E-state index contributed by atoms with van der Waals surface area (Å²) in [5.41, 5.74) is 0.552. The quantitative estimate of drug-likeness (QED) is 0.812. The van der Waals surface area contributed by atoms with Gasteiger partial charge in [0.05, 0.1) is 18.8 Å². The minimum Gasteiger partial charge on any atom is -0.491 e. The van der Waals surface area contributed by atoms with Crippen LogP contribution in [-0.2, 0) is 11.3 Å².